The Kier molecular flexibility index (Phi) is 12.4. The van der Waals surface area contributed by atoms with Gasteiger partial charge < -0.3 is 20.6 Å². The van der Waals surface area contributed by atoms with E-state index >= 15 is 0 Å². The lowest BCUT2D eigenvalue weighted by Gasteiger charge is -2.30. The van der Waals surface area contributed by atoms with E-state index < -0.39 is 18.1 Å². The van der Waals surface area contributed by atoms with Crippen LogP contribution >= 0.6 is 11.8 Å². The van der Waals surface area contributed by atoms with E-state index in [1.165, 1.54) is 16.7 Å². The predicted octanol–water partition coefficient (Wildman–Crippen LogP) is 3.59. The summed E-state index contributed by atoms with van der Waals surface area (Å²) in [5, 5.41) is 17.1. The summed E-state index contributed by atoms with van der Waals surface area (Å²) in [5.41, 5.74) is 3.42. The molecule has 2 aromatic carbocycles. The van der Waals surface area contributed by atoms with Gasteiger partial charge in [0.05, 0.1) is 11.9 Å². The van der Waals surface area contributed by atoms with Crippen LogP contribution < -0.4 is 10.6 Å². The summed E-state index contributed by atoms with van der Waals surface area (Å²) in [4.78, 5) is 40.3. The van der Waals surface area contributed by atoms with E-state index in [-0.39, 0.29) is 35.9 Å². The summed E-state index contributed by atoms with van der Waals surface area (Å²) in [7, 11) is 0. The molecule has 8 heteroatoms. The Morgan fingerprint density at radius 3 is 2.32 bits per heavy atom. The summed E-state index contributed by atoms with van der Waals surface area (Å²) < 4.78 is 0. The molecule has 0 aliphatic rings. The predicted molar refractivity (Wildman–Crippen MR) is 150 cm³/mol. The number of aryl methyl sites for hydroxylation is 1. The lowest BCUT2D eigenvalue weighted by molar-refractivity contribution is -0.144. The van der Waals surface area contributed by atoms with Gasteiger partial charge in [0.15, 0.2) is 6.10 Å². The van der Waals surface area contributed by atoms with Crippen molar-refractivity contribution >= 4 is 29.5 Å². The zero-order chi connectivity index (χ0) is 27.4. The first-order valence-electron chi connectivity index (χ1n) is 12.5. The number of hydrogen-bond donors (Lipinski definition) is 3. The molecule has 0 radical (unpaired) electrons. The molecule has 37 heavy (non-hydrogen) atoms. The number of thioether (sulfide) groups is 1. The maximum atomic E-state index is 13.5. The first-order chi connectivity index (χ1) is 17.6. The van der Waals surface area contributed by atoms with Gasteiger partial charge in [-0.15, -0.1) is 11.8 Å². The minimum Gasteiger partial charge on any atom is -0.381 e. The van der Waals surface area contributed by atoms with Crippen LogP contribution in [0.3, 0.4) is 0 Å². The van der Waals surface area contributed by atoms with Gasteiger partial charge in [-0.2, -0.15) is 0 Å². The van der Waals surface area contributed by atoms with Crippen LogP contribution in [0.1, 0.15) is 44.4 Å². The van der Waals surface area contributed by atoms with Crippen molar-refractivity contribution in [3.8, 4) is 0 Å². The number of amides is 3. The van der Waals surface area contributed by atoms with Crippen LogP contribution in [-0.2, 0) is 27.3 Å². The van der Waals surface area contributed by atoms with Crippen LogP contribution in [0, 0.1) is 6.92 Å². The van der Waals surface area contributed by atoms with E-state index in [4.69, 9.17) is 0 Å². The molecule has 0 aromatic heterocycles. The fourth-order valence-corrected chi connectivity index (χ4v) is 4.24. The Morgan fingerprint density at radius 2 is 1.70 bits per heavy atom. The van der Waals surface area contributed by atoms with Crippen LogP contribution in [0.4, 0.5) is 0 Å². The topological polar surface area (TPSA) is 98.7 Å². The van der Waals surface area contributed by atoms with E-state index in [1.54, 1.807) is 19.9 Å². The first kappa shape index (κ1) is 30.1. The molecule has 0 unspecified atom stereocenters. The highest BCUT2D eigenvalue weighted by Crippen LogP contribution is 2.15. The first-order valence-corrected chi connectivity index (χ1v) is 13.5. The second kappa shape index (κ2) is 15.2. The third kappa shape index (κ3) is 10.1. The number of hydrogen-bond acceptors (Lipinski definition) is 5. The summed E-state index contributed by atoms with van der Waals surface area (Å²) in [6, 6.07) is 16.3. The fourth-order valence-electron chi connectivity index (χ4n) is 3.54. The standard InChI is InChI=1S/C29H39N3O4S/c1-6-21(4)28(35)31-25(16-23-13-8-7-9-14-23)27(34)29(36)32(19-37-20(2)3)18-26(33)30-17-24-15-11-10-12-22(24)5/h6-15,20,25,27,34H,16-19H2,1-5H3,(H,30,33)(H,31,35)/t25-,27-/m0/s1. The minimum atomic E-state index is -1.52. The van der Waals surface area contributed by atoms with Gasteiger partial charge in [-0.3, -0.25) is 14.4 Å². The molecule has 3 N–H and O–H groups in total. The van der Waals surface area contributed by atoms with E-state index in [1.807, 2.05) is 75.4 Å². The zero-order valence-corrected chi connectivity index (χ0v) is 23.2. The van der Waals surface area contributed by atoms with E-state index in [0.717, 1.165) is 16.7 Å². The molecule has 2 atom stereocenters. The third-order valence-corrected chi connectivity index (χ3v) is 7.11. The van der Waals surface area contributed by atoms with Gasteiger partial charge in [0.2, 0.25) is 11.8 Å². The molecule has 0 saturated heterocycles. The Labute approximate surface area is 224 Å². The van der Waals surface area contributed by atoms with Crippen molar-refractivity contribution < 1.29 is 19.5 Å². The van der Waals surface area contributed by atoms with Gasteiger partial charge in [-0.25, -0.2) is 0 Å². The molecular formula is C29H39N3O4S. The Hall–Kier alpha value is -3.10. The number of aliphatic hydroxyl groups is 1. The fraction of sp³-hybridized carbons (Fsp3) is 0.414. The molecule has 2 rings (SSSR count). The van der Waals surface area contributed by atoms with Gasteiger partial charge in [0.1, 0.15) is 6.54 Å². The number of carbonyl (C=O) groups excluding carboxylic acids is 3. The molecule has 0 heterocycles. The Balaban J connectivity index is 2.19. The number of nitrogens with zero attached hydrogens (tertiary/aromatic N) is 1. The molecule has 0 aliphatic heterocycles. The number of allylic oxidation sites excluding steroid dienone is 1. The van der Waals surface area contributed by atoms with Gasteiger partial charge in [0.25, 0.3) is 5.91 Å². The maximum Gasteiger partial charge on any atom is 0.254 e. The molecule has 2 aromatic rings. The molecule has 0 fully saturated rings. The van der Waals surface area contributed by atoms with Gasteiger partial charge in [0, 0.05) is 17.4 Å². The van der Waals surface area contributed by atoms with Crippen molar-refractivity contribution in [1.82, 2.24) is 15.5 Å². The van der Waals surface area contributed by atoms with Crippen LogP contribution in [0.5, 0.6) is 0 Å². The summed E-state index contributed by atoms with van der Waals surface area (Å²) in [6.07, 6.45) is 0.417. The molecular weight excluding hydrogens is 486 g/mol. The van der Waals surface area contributed by atoms with Gasteiger partial charge in [-0.1, -0.05) is 74.5 Å². The van der Waals surface area contributed by atoms with Crippen LogP contribution in [0.25, 0.3) is 0 Å². The quantitative estimate of drug-likeness (QED) is 0.274. The second-order valence-electron chi connectivity index (χ2n) is 9.27. The molecule has 7 nitrogen and oxygen atoms in total. The van der Waals surface area contributed by atoms with E-state index in [9.17, 15) is 19.5 Å². The van der Waals surface area contributed by atoms with Crippen molar-refractivity contribution in [3.63, 3.8) is 0 Å². The van der Waals surface area contributed by atoms with Crippen molar-refractivity contribution in [1.29, 1.82) is 0 Å². The number of aliphatic hydroxyl groups excluding tert-OH is 1. The summed E-state index contributed by atoms with van der Waals surface area (Å²) in [6.45, 7) is 9.56. The zero-order valence-electron chi connectivity index (χ0n) is 22.4. The molecule has 200 valence electrons. The number of carbonyl (C=O) groups is 3. The van der Waals surface area contributed by atoms with Crippen molar-refractivity contribution in [2.75, 3.05) is 12.4 Å². The third-order valence-electron chi connectivity index (χ3n) is 5.99. The van der Waals surface area contributed by atoms with Gasteiger partial charge in [-0.05, 0) is 43.9 Å². The maximum absolute atomic E-state index is 13.5. The lowest BCUT2D eigenvalue weighted by Crippen LogP contribution is -2.54. The highest BCUT2D eigenvalue weighted by atomic mass is 32.2. The van der Waals surface area contributed by atoms with Crippen molar-refractivity contribution in [2.24, 2.45) is 0 Å². The Bertz CT molecular complexity index is 1070. The highest BCUT2D eigenvalue weighted by Gasteiger charge is 2.32. The molecule has 0 aliphatic carbocycles. The SMILES string of the molecule is CC=C(C)C(=O)N[C@@H](Cc1ccccc1)[C@H](O)C(=O)N(CSC(C)C)CC(=O)NCc1ccccc1C. The molecule has 0 saturated carbocycles. The van der Waals surface area contributed by atoms with Gasteiger partial charge >= 0.3 is 0 Å². The number of rotatable bonds is 13. The average Bonchev–Trinajstić information content (AvgIpc) is 2.89. The van der Waals surface area contributed by atoms with Crippen LogP contribution in [0.2, 0.25) is 0 Å². The molecule has 0 bridgehead atoms. The largest absolute Gasteiger partial charge is 0.381 e. The summed E-state index contributed by atoms with van der Waals surface area (Å²) >= 11 is 1.50. The van der Waals surface area contributed by atoms with Crippen LogP contribution in [0.15, 0.2) is 66.2 Å². The monoisotopic (exact) mass is 525 g/mol. The van der Waals surface area contributed by atoms with Crippen LogP contribution in [-0.4, -0.2) is 57.5 Å². The number of benzene rings is 2. The normalized spacial score (nSPS) is 13.1. The summed E-state index contributed by atoms with van der Waals surface area (Å²) in [5.74, 6) is -1.03. The van der Waals surface area contributed by atoms with E-state index in [2.05, 4.69) is 10.6 Å². The highest BCUT2D eigenvalue weighted by molar-refractivity contribution is 7.99. The lowest BCUT2D eigenvalue weighted by atomic mass is 9.99. The van der Waals surface area contributed by atoms with Crippen molar-refractivity contribution in [2.45, 2.75) is 65.0 Å². The Morgan fingerprint density at radius 1 is 1.05 bits per heavy atom. The van der Waals surface area contributed by atoms with E-state index in [0.29, 0.717) is 12.1 Å². The molecule has 3 amide bonds. The minimum absolute atomic E-state index is 0.193. The average molecular weight is 526 g/mol. The molecule has 0 spiro atoms. The smallest absolute Gasteiger partial charge is 0.254 e. The second-order valence-corrected chi connectivity index (χ2v) is 10.8. The number of nitrogens with one attached hydrogen (secondary N) is 2. The van der Waals surface area contributed by atoms with Crippen molar-refractivity contribution in [3.05, 3.63) is 82.9 Å².